The summed E-state index contributed by atoms with van der Waals surface area (Å²) in [6.07, 6.45) is 1.53. The normalized spacial score (nSPS) is 13.1. The van der Waals surface area contributed by atoms with Crippen molar-refractivity contribution in [3.05, 3.63) is 83.8 Å². The van der Waals surface area contributed by atoms with E-state index in [4.69, 9.17) is 4.42 Å². The van der Waals surface area contributed by atoms with Crippen LogP contribution in [0.15, 0.2) is 71.3 Å². The summed E-state index contributed by atoms with van der Waals surface area (Å²) in [6.45, 7) is -0.224. The van der Waals surface area contributed by atoms with Gasteiger partial charge in [-0.3, -0.25) is 24.2 Å². The number of fused-ring (bicyclic) bond motifs is 2. The van der Waals surface area contributed by atoms with Crippen molar-refractivity contribution in [1.29, 1.82) is 0 Å². The molecule has 0 unspecified atom stereocenters. The Morgan fingerprint density at radius 2 is 1.67 bits per heavy atom. The molecule has 0 atom stereocenters. The van der Waals surface area contributed by atoms with E-state index in [1.165, 1.54) is 22.5 Å². The van der Waals surface area contributed by atoms with E-state index in [0.29, 0.717) is 22.0 Å². The number of carbonyl (C=O) groups is 3. The molecule has 0 aliphatic carbocycles. The molecule has 0 saturated heterocycles. The van der Waals surface area contributed by atoms with Crippen molar-refractivity contribution >= 4 is 44.4 Å². The first-order valence-electron chi connectivity index (χ1n) is 9.25. The minimum Gasteiger partial charge on any atom is -0.467 e. The summed E-state index contributed by atoms with van der Waals surface area (Å²) in [4.78, 5) is 45.6. The predicted molar refractivity (Wildman–Crippen MR) is 111 cm³/mol. The molecule has 0 N–H and O–H groups in total. The van der Waals surface area contributed by atoms with Gasteiger partial charge in [-0.15, -0.1) is 0 Å². The van der Waals surface area contributed by atoms with Gasteiger partial charge in [-0.25, -0.2) is 4.98 Å². The Balaban J connectivity index is 1.46. The molecule has 0 radical (unpaired) electrons. The zero-order valence-electron chi connectivity index (χ0n) is 15.6. The molecule has 1 aliphatic rings. The van der Waals surface area contributed by atoms with Crippen LogP contribution >= 0.6 is 11.3 Å². The smallest absolute Gasteiger partial charge is 0.262 e. The van der Waals surface area contributed by atoms with E-state index < -0.39 is 17.7 Å². The lowest BCUT2D eigenvalue weighted by atomic mass is 10.1. The molecule has 0 bridgehead atoms. The second kappa shape index (κ2) is 7.23. The maximum absolute atomic E-state index is 13.2. The largest absolute Gasteiger partial charge is 0.467 e. The van der Waals surface area contributed by atoms with Crippen LogP contribution < -0.4 is 4.90 Å². The highest BCUT2D eigenvalue weighted by atomic mass is 32.1. The van der Waals surface area contributed by atoms with Crippen molar-refractivity contribution in [2.24, 2.45) is 0 Å². The summed E-state index contributed by atoms with van der Waals surface area (Å²) < 4.78 is 6.34. The van der Waals surface area contributed by atoms with E-state index in [1.54, 1.807) is 36.4 Å². The second-order valence-corrected chi connectivity index (χ2v) is 7.77. The quantitative estimate of drug-likeness (QED) is 0.462. The minimum absolute atomic E-state index is 0.148. The number of rotatable bonds is 5. The maximum Gasteiger partial charge on any atom is 0.262 e. The standard InChI is InChI=1S/C22H15N3O4S/c26-19(13-25-20(27)15-7-1-2-8-16(15)21(25)28)24(12-14-6-5-11-29-14)22-23-17-9-3-4-10-18(17)30-22/h1-11H,12-13H2. The summed E-state index contributed by atoms with van der Waals surface area (Å²) in [7, 11) is 0. The van der Waals surface area contributed by atoms with Crippen molar-refractivity contribution in [3.8, 4) is 0 Å². The van der Waals surface area contributed by atoms with Crippen molar-refractivity contribution < 1.29 is 18.8 Å². The zero-order valence-corrected chi connectivity index (χ0v) is 16.5. The van der Waals surface area contributed by atoms with Gasteiger partial charge < -0.3 is 4.42 Å². The first kappa shape index (κ1) is 18.3. The highest BCUT2D eigenvalue weighted by Gasteiger charge is 2.37. The number of benzene rings is 2. The van der Waals surface area contributed by atoms with Gasteiger partial charge in [0.05, 0.1) is 34.2 Å². The van der Waals surface area contributed by atoms with Crippen molar-refractivity contribution in [1.82, 2.24) is 9.88 Å². The Morgan fingerprint density at radius 1 is 0.967 bits per heavy atom. The second-order valence-electron chi connectivity index (χ2n) is 6.77. The van der Waals surface area contributed by atoms with Crippen LogP contribution in [0.1, 0.15) is 26.5 Å². The van der Waals surface area contributed by atoms with Crippen LogP contribution in [0.25, 0.3) is 10.2 Å². The molecular formula is C22H15N3O4S. The Morgan fingerprint density at radius 3 is 2.33 bits per heavy atom. The fraction of sp³-hybridized carbons (Fsp3) is 0.0909. The molecule has 148 valence electrons. The number of hydrogen-bond acceptors (Lipinski definition) is 6. The van der Waals surface area contributed by atoms with Crippen molar-refractivity contribution in [3.63, 3.8) is 0 Å². The summed E-state index contributed by atoms with van der Waals surface area (Å²) in [5, 5.41) is 0.481. The molecule has 0 fully saturated rings. The highest BCUT2D eigenvalue weighted by molar-refractivity contribution is 7.22. The van der Waals surface area contributed by atoms with E-state index in [-0.39, 0.29) is 13.1 Å². The number of aromatic nitrogens is 1. The van der Waals surface area contributed by atoms with Gasteiger partial charge in [-0.2, -0.15) is 0 Å². The van der Waals surface area contributed by atoms with Crippen LogP contribution in [0.4, 0.5) is 5.13 Å². The molecule has 30 heavy (non-hydrogen) atoms. The number of imide groups is 1. The number of carbonyl (C=O) groups excluding carboxylic acids is 3. The van der Waals surface area contributed by atoms with E-state index in [2.05, 4.69) is 4.98 Å². The molecule has 2 aromatic heterocycles. The monoisotopic (exact) mass is 417 g/mol. The molecule has 7 nitrogen and oxygen atoms in total. The maximum atomic E-state index is 13.2. The summed E-state index contributed by atoms with van der Waals surface area (Å²) >= 11 is 1.37. The SMILES string of the molecule is O=C1c2ccccc2C(=O)N1CC(=O)N(Cc1ccco1)c1nc2ccccc2s1. The molecule has 4 aromatic rings. The third kappa shape index (κ3) is 3.07. The van der Waals surface area contributed by atoms with Crippen LogP contribution in [0, 0.1) is 0 Å². The lowest BCUT2D eigenvalue weighted by Crippen LogP contribution is -2.42. The van der Waals surface area contributed by atoms with Gasteiger partial charge in [0.25, 0.3) is 11.8 Å². The van der Waals surface area contributed by atoms with Crippen LogP contribution in [0.5, 0.6) is 0 Å². The zero-order chi connectivity index (χ0) is 20.7. The lowest BCUT2D eigenvalue weighted by Gasteiger charge is -2.21. The van der Waals surface area contributed by atoms with Crippen LogP contribution in [-0.2, 0) is 11.3 Å². The number of thiazole rings is 1. The molecule has 3 heterocycles. The molecule has 2 aromatic carbocycles. The molecule has 5 rings (SSSR count). The Bertz CT molecular complexity index is 1210. The van der Waals surface area contributed by atoms with Gasteiger partial charge in [0.1, 0.15) is 12.3 Å². The van der Waals surface area contributed by atoms with Gasteiger partial charge in [0.15, 0.2) is 5.13 Å². The molecule has 8 heteroatoms. The van der Waals surface area contributed by atoms with Gasteiger partial charge >= 0.3 is 0 Å². The number of hydrogen-bond donors (Lipinski definition) is 0. The summed E-state index contributed by atoms with van der Waals surface area (Å²) in [5.41, 5.74) is 1.40. The topological polar surface area (TPSA) is 83.7 Å². The summed E-state index contributed by atoms with van der Waals surface area (Å²) in [6, 6.07) is 17.6. The van der Waals surface area contributed by atoms with E-state index in [9.17, 15) is 14.4 Å². The first-order valence-corrected chi connectivity index (χ1v) is 10.1. The Hall–Kier alpha value is -3.78. The fourth-order valence-electron chi connectivity index (χ4n) is 3.40. The average Bonchev–Trinajstić information content (AvgIpc) is 3.48. The number of furan rings is 1. The third-order valence-corrected chi connectivity index (χ3v) is 5.94. The number of anilines is 1. The molecule has 1 aliphatic heterocycles. The van der Waals surface area contributed by atoms with Gasteiger partial charge in [-0.1, -0.05) is 35.6 Å². The third-order valence-electron chi connectivity index (χ3n) is 4.88. The van der Waals surface area contributed by atoms with Crippen LogP contribution in [-0.4, -0.2) is 34.2 Å². The van der Waals surface area contributed by atoms with E-state index in [0.717, 1.165) is 15.1 Å². The molecular weight excluding hydrogens is 402 g/mol. The minimum atomic E-state index is -0.466. The van der Waals surface area contributed by atoms with Gasteiger partial charge in [0, 0.05) is 0 Å². The molecule has 0 spiro atoms. The Labute approximate surface area is 175 Å². The lowest BCUT2D eigenvalue weighted by molar-refractivity contribution is -0.119. The van der Waals surface area contributed by atoms with E-state index in [1.807, 2.05) is 24.3 Å². The molecule has 3 amide bonds. The Kier molecular flexibility index (Phi) is 4.40. The number of amides is 3. The summed E-state index contributed by atoms with van der Waals surface area (Å²) in [5.74, 6) is -0.776. The average molecular weight is 417 g/mol. The van der Waals surface area contributed by atoms with E-state index >= 15 is 0 Å². The van der Waals surface area contributed by atoms with Gasteiger partial charge in [0.2, 0.25) is 5.91 Å². The van der Waals surface area contributed by atoms with Crippen LogP contribution in [0.2, 0.25) is 0 Å². The van der Waals surface area contributed by atoms with Crippen molar-refractivity contribution in [2.45, 2.75) is 6.54 Å². The molecule has 0 saturated carbocycles. The van der Waals surface area contributed by atoms with Gasteiger partial charge in [-0.05, 0) is 36.4 Å². The number of nitrogens with zero attached hydrogens (tertiary/aromatic N) is 3. The van der Waals surface area contributed by atoms with Crippen LogP contribution in [0.3, 0.4) is 0 Å². The fourth-order valence-corrected chi connectivity index (χ4v) is 4.38. The number of para-hydroxylation sites is 1. The highest BCUT2D eigenvalue weighted by Crippen LogP contribution is 2.30. The first-order chi connectivity index (χ1) is 14.6. The predicted octanol–water partition coefficient (Wildman–Crippen LogP) is 3.72. The van der Waals surface area contributed by atoms with Crippen molar-refractivity contribution in [2.75, 3.05) is 11.4 Å².